The van der Waals surface area contributed by atoms with Crippen molar-refractivity contribution in [1.82, 2.24) is 9.80 Å². The van der Waals surface area contributed by atoms with Crippen molar-refractivity contribution in [3.8, 4) is 0 Å². The van der Waals surface area contributed by atoms with Crippen LogP contribution in [0.2, 0.25) is 0 Å². The van der Waals surface area contributed by atoms with Crippen molar-refractivity contribution in [3.05, 3.63) is 35.6 Å². The fourth-order valence-electron chi connectivity index (χ4n) is 3.23. The zero-order valence-corrected chi connectivity index (χ0v) is 13.9. The van der Waals surface area contributed by atoms with Crippen LogP contribution in [-0.2, 0) is 20.9 Å². The molecule has 1 atom stereocenters. The van der Waals surface area contributed by atoms with Crippen molar-refractivity contribution < 1.29 is 18.7 Å². The van der Waals surface area contributed by atoms with Gasteiger partial charge in [0, 0.05) is 38.2 Å². The summed E-state index contributed by atoms with van der Waals surface area (Å²) in [6, 6.07) is 6.55. The first-order chi connectivity index (χ1) is 11.6. The molecular formula is C18H23FN2O3. The highest BCUT2D eigenvalue weighted by Crippen LogP contribution is 2.23. The largest absolute Gasteiger partial charge is 0.370 e. The maximum atomic E-state index is 13.5. The van der Waals surface area contributed by atoms with Gasteiger partial charge in [0.2, 0.25) is 11.8 Å². The van der Waals surface area contributed by atoms with Crippen LogP contribution in [0.4, 0.5) is 4.39 Å². The fraction of sp³-hybridized carbons (Fsp3) is 0.556. The summed E-state index contributed by atoms with van der Waals surface area (Å²) in [5.74, 6) is -0.130. The molecule has 0 aliphatic carbocycles. The number of carbonyl (C=O) groups is 2. The van der Waals surface area contributed by atoms with Gasteiger partial charge in [0.1, 0.15) is 5.82 Å². The van der Waals surface area contributed by atoms with E-state index in [9.17, 15) is 14.0 Å². The summed E-state index contributed by atoms with van der Waals surface area (Å²) in [7, 11) is 0. The average molecular weight is 334 g/mol. The molecule has 1 aromatic rings. The second-order valence-corrected chi connectivity index (χ2v) is 6.44. The molecule has 5 nitrogen and oxygen atoms in total. The van der Waals surface area contributed by atoms with E-state index >= 15 is 0 Å². The topological polar surface area (TPSA) is 49.9 Å². The second kappa shape index (κ2) is 7.30. The molecule has 2 aliphatic rings. The van der Waals surface area contributed by atoms with Crippen molar-refractivity contribution in [2.24, 2.45) is 5.92 Å². The van der Waals surface area contributed by atoms with Crippen molar-refractivity contribution in [1.29, 1.82) is 0 Å². The first-order valence-electron chi connectivity index (χ1n) is 8.50. The molecule has 0 N–H and O–H groups in total. The third-order valence-corrected chi connectivity index (χ3v) is 4.82. The van der Waals surface area contributed by atoms with Crippen LogP contribution in [0.3, 0.4) is 0 Å². The minimum absolute atomic E-state index is 0.0407. The Labute approximate surface area is 141 Å². The molecule has 24 heavy (non-hydrogen) atoms. The van der Waals surface area contributed by atoms with Crippen LogP contribution in [-0.4, -0.2) is 53.9 Å². The molecule has 1 unspecified atom stereocenters. The van der Waals surface area contributed by atoms with Gasteiger partial charge < -0.3 is 14.5 Å². The molecule has 6 heteroatoms. The highest BCUT2D eigenvalue weighted by atomic mass is 19.1. The number of hydrogen-bond acceptors (Lipinski definition) is 3. The molecular weight excluding hydrogens is 311 g/mol. The minimum atomic E-state index is -0.267. The van der Waals surface area contributed by atoms with E-state index in [1.54, 1.807) is 28.0 Å². The van der Waals surface area contributed by atoms with Gasteiger partial charge in [-0.25, -0.2) is 4.39 Å². The van der Waals surface area contributed by atoms with Crippen LogP contribution in [0.25, 0.3) is 0 Å². The number of amides is 2. The molecule has 0 spiro atoms. The Morgan fingerprint density at radius 1 is 1.29 bits per heavy atom. The monoisotopic (exact) mass is 334 g/mol. The molecule has 130 valence electrons. The summed E-state index contributed by atoms with van der Waals surface area (Å²) in [4.78, 5) is 27.7. The number of ether oxygens (including phenoxy) is 1. The number of likely N-dealkylation sites (tertiary alicyclic amines) is 2. The van der Waals surface area contributed by atoms with E-state index in [0.717, 1.165) is 0 Å². The zero-order valence-electron chi connectivity index (χ0n) is 13.9. The Balaban J connectivity index is 1.44. The maximum Gasteiger partial charge on any atom is 0.227 e. The molecule has 0 aromatic heterocycles. The van der Waals surface area contributed by atoms with E-state index in [0.29, 0.717) is 44.6 Å². The predicted molar refractivity (Wildman–Crippen MR) is 86.5 cm³/mol. The molecule has 1 aromatic carbocycles. The zero-order chi connectivity index (χ0) is 17.1. The lowest BCUT2D eigenvalue weighted by Crippen LogP contribution is -2.58. The minimum Gasteiger partial charge on any atom is -0.370 e. The first kappa shape index (κ1) is 16.9. The Morgan fingerprint density at radius 2 is 2.04 bits per heavy atom. The second-order valence-electron chi connectivity index (χ2n) is 6.44. The maximum absolute atomic E-state index is 13.5. The Hall–Kier alpha value is -1.95. The van der Waals surface area contributed by atoms with E-state index in [4.69, 9.17) is 4.74 Å². The SMILES string of the molecule is CCN1CC(C(=O)N2CC(OCc3ccccc3F)C2)CCC1=O. The number of rotatable bonds is 5. The normalized spacial score (nSPS) is 21.8. The Kier molecular flexibility index (Phi) is 5.14. The molecule has 2 amide bonds. The van der Waals surface area contributed by atoms with Gasteiger partial charge in [0.05, 0.1) is 18.6 Å². The summed E-state index contributed by atoms with van der Waals surface area (Å²) < 4.78 is 19.2. The van der Waals surface area contributed by atoms with Gasteiger partial charge in [-0.1, -0.05) is 18.2 Å². The average Bonchev–Trinajstić information content (AvgIpc) is 2.55. The van der Waals surface area contributed by atoms with Crippen LogP contribution in [0.5, 0.6) is 0 Å². The van der Waals surface area contributed by atoms with Crippen molar-refractivity contribution in [2.45, 2.75) is 32.5 Å². The third-order valence-electron chi connectivity index (χ3n) is 4.82. The van der Waals surface area contributed by atoms with Gasteiger partial charge in [0.25, 0.3) is 0 Å². The van der Waals surface area contributed by atoms with E-state index in [2.05, 4.69) is 0 Å². The third kappa shape index (κ3) is 3.59. The molecule has 2 aliphatic heterocycles. The Bertz CT molecular complexity index is 616. The predicted octanol–water partition coefficient (Wildman–Crippen LogP) is 1.81. The number of benzene rings is 1. The van der Waals surface area contributed by atoms with Crippen molar-refractivity contribution in [3.63, 3.8) is 0 Å². The van der Waals surface area contributed by atoms with Crippen molar-refractivity contribution in [2.75, 3.05) is 26.2 Å². The summed E-state index contributed by atoms with van der Waals surface area (Å²) >= 11 is 0. The first-order valence-corrected chi connectivity index (χ1v) is 8.50. The quantitative estimate of drug-likeness (QED) is 0.825. The van der Waals surface area contributed by atoms with Gasteiger partial charge >= 0.3 is 0 Å². The van der Waals surface area contributed by atoms with Crippen LogP contribution in [0.1, 0.15) is 25.3 Å². The van der Waals surface area contributed by atoms with Gasteiger partial charge in [0.15, 0.2) is 0 Å². The lowest BCUT2D eigenvalue weighted by molar-refractivity contribution is -0.154. The number of carbonyl (C=O) groups excluding carboxylic acids is 2. The van der Waals surface area contributed by atoms with E-state index in [1.807, 2.05) is 6.92 Å². The van der Waals surface area contributed by atoms with Crippen LogP contribution < -0.4 is 0 Å². The molecule has 2 heterocycles. The number of halogens is 1. The number of hydrogen-bond donors (Lipinski definition) is 0. The Morgan fingerprint density at radius 3 is 2.75 bits per heavy atom. The smallest absolute Gasteiger partial charge is 0.227 e. The van der Waals surface area contributed by atoms with E-state index < -0.39 is 0 Å². The van der Waals surface area contributed by atoms with Gasteiger partial charge in [-0.05, 0) is 19.4 Å². The van der Waals surface area contributed by atoms with E-state index in [1.165, 1.54) is 6.07 Å². The molecule has 2 saturated heterocycles. The molecule has 2 fully saturated rings. The molecule has 0 saturated carbocycles. The van der Waals surface area contributed by atoms with Crippen LogP contribution in [0.15, 0.2) is 24.3 Å². The van der Waals surface area contributed by atoms with Crippen LogP contribution in [0, 0.1) is 11.7 Å². The molecule has 0 bridgehead atoms. The van der Waals surface area contributed by atoms with Gasteiger partial charge in [-0.15, -0.1) is 0 Å². The van der Waals surface area contributed by atoms with Crippen LogP contribution >= 0.6 is 0 Å². The van der Waals surface area contributed by atoms with E-state index in [-0.39, 0.29) is 36.3 Å². The lowest BCUT2D eigenvalue weighted by atomic mass is 9.94. The lowest BCUT2D eigenvalue weighted by Gasteiger charge is -2.42. The van der Waals surface area contributed by atoms with Gasteiger partial charge in [-0.2, -0.15) is 0 Å². The van der Waals surface area contributed by atoms with Gasteiger partial charge in [-0.3, -0.25) is 9.59 Å². The highest BCUT2D eigenvalue weighted by molar-refractivity contribution is 5.84. The summed E-state index contributed by atoms with van der Waals surface area (Å²) in [5.41, 5.74) is 0.534. The summed E-state index contributed by atoms with van der Waals surface area (Å²) in [5, 5.41) is 0. The number of nitrogens with zero attached hydrogens (tertiary/aromatic N) is 2. The summed E-state index contributed by atoms with van der Waals surface area (Å²) in [6.07, 6.45) is 1.04. The number of piperidine rings is 1. The highest BCUT2D eigenvalue weighted by Gasteiger charge is 2.37. The fourth-order valence-corrected chi connectivity index (χ4v) is 3.23. The molecule has 3 rings (SSSR count). The summed E-state index contributed by atoms with van der Waals surface area (Å²) in [6.45, 7) is 4.41. The van der Waals surface area contributed by atoms with Crippen molar-refractivity contribution >= 4 is 11.8 Å². The molecule has 0 radical (unpaired) electrons. The standard InChI is InChI=1S/C18H23FN2O3/c1-2-20-9-13(7-8-17(20)22)18(23)21-10-15(11-21)24-12-14-5-3-4-6-16(14)19/h3-6,13,15H,2,7-12H2,1H3.